The first-order valence-electron chi connectivity index (χ1n) is 7.81. The molecular formula is C15H30N2O. The van der Waals surface area contributed by atoms with E-state index in [9.17, 15) is 0 Å². The minimum atomic E-state index is 0.370. The van der Waals surface area contributed by atoms with Crippen molar-refractivity contribution in [2.45, 2.75) is 51.5 Å². The van der Waals surface area contributed by atoms with E-state index >= 15 is 0 Å². The monoisotopic (exact) mass is 254 g/mol. The minimum Gasteiger partial charge on any atom is -0.396 e. The van der Waals surface area contributed by atoms with Crippen LogP contribution in [0.4, 0.5) is 0 Å². The van der Waals surface area contributed by atoms with Crippen molar-refractivity contribution in [1.29, 1.82) is 0 Å². The maximum atomic E-state index is 9.17. The first kappa shape index (κ1) is 14.3. The lowest BCUT2D eigenvalue weighted by Crippen LogP contribution is -2.45. The van der Waals surface area contributed by atoms with E-state index in [2.05, 4.69) is 11.8 Å². The van der Waals surface area contributed by atoms with Crippen LogP contribution in [0, 0.1) is 17.8 Å². The van der Waals surface area contributed by atoms with E-state index in [4.69, 9.17) is 10.8 Å². The zero-order valence-corrected chi connectivity index (χ0v) is 11.9. The molecule has 0 aromatic heterocycles. The Hall–Kier alpha value is -0.120. The number of rotatable bonds is 4. The van der Waals surface area contributed by atoms with Gasteiger partial charge in [0.1, 0.15) is 0 Å². The Labute approximate surface area is 112 Å². The highest BCUT2D eigenvalue weighted by Gasteiger charge is 2.29. The van der Waals surface area contributed by atoms with E-state index < -0.39 is 0 Å². The lowest BCUT2D eigenvalue weighted by molar-refractivity contribution is 0.0984. The van der Waals surface area contributed by atoms with Crippen LogP contribution in [0.15, 0.2) is 0 Å². The Kier molecular flexibility index (Phi) is 5.46. The minimum absolute atomic E-state index is 0.370. The third-order valence-electron chi connectivity index (χ3n) is 5.19. The van der Waals surface area contributed by atoms with Crippen molar-refractivity contribution >= 4 is 0 Å². The summed E-state index contributed by atoms with van der Waals surface area (Å²) in [6.45, 7) is 6.19. The molecule has 0 radical (unpaired) electrons. The van der Waals surface area contributed by atoms with Crippen molar-refractivity contribution in [3.63, 3.8) is 0 Å². The zero-order chi connectivity index (χ0) is 13.0. The van der Waals surface area contributed by atoms with E-state index in [-0.39, 0.29) is 0 Å². The Morgan fingerprint density at radius 3 is 2.44 bits per heavy atom. The summed E-state index contributed by atoms with van der Waals surface area (Å²) >= 11 is 0. The second kappa shape index (κ2) is 6.88. The summed E-state index contributed by atoms with van der Waals surface area (Å²) in [6, 6.07) is 0.420. The summed E-state index contributed by atoms with van der Waals surface area (Å²) in [5, 5.41) is 9.17. The van der Waals surface area contributed by atoms with Gasteiger partial charge in [-0.2, -0.15) is 0 Å². The van der Waals surface area contributed by atoms with Crippen molar-refractivity contribution in [2.75, 3.05) is 26.2 Å². The standard InChI is InChI=1S/C15H30N2O/c1-2-12-3-4-15(16)14(9-12)10-17-7-5-13(11-18)6-8-17/h12-15,18H,2-11,16H2,1H3. The van der Waals surface area contributed by atoms with Gasteiger partial charge in [-0.3, -0.25) is 0 Å². The van der Waals surface area contributed by atoms with E-state index in [1.54, 1.807) is 0 Å². The average molecular weight is 254 g/mol. The van der Waals surface area contributed by atoms with Crippen LogP contribution in [0.25, 0.3) is 0 Å². The molecule has 3 atom stereocenters. The van der Waals surface area contributed by atoms with Crippen LogP contribution in [0.2, 0.25) is 0 Å². The van der Waals surface area contributed by atoms with Gasteiger partial charge in [-0.15, -0.1) is 0 Å². The molecule has 3 unspecified atom stereocenters. The number of hydrogen-bond acceptors (Lipinski definition) is 3. The van der Waals surface area contributed by atoms with Crippen LogP contribution in [0.1, 0.15) is 45.4 Å². The fourth-order valence-electron chi connectivity index (χ4n) is 3.65. The van der Waals surface area contributed by atoms with Gasteiger partial charge in [0, 0.05) is 19.2 Å². The van der Waals surface area contributed by atoms with Crippen LogP contribution < -0.4 is 5.73 Å². The Bertz CT molecular complexity index is 239. The van der Waals surface area contributed by atoms with Gasteiger partial charge >= 0.3 is 0 Å². The summed E-state index contributed by atoms with van der Waals surface area (Å²) in [6.07, 6.45) is 7.52. The molecule has 2 fully saturated rings. The van der Waals surface area contributed by atoms with Gasteiger partial charge in [-0.05, 0) is 62.9 Å². The predicted octanol–water partition coefficient (Wildman–Crippen LogP) is 1.84. The molecule has 1 aliphatic heterocycles. The molecule has 18 heavy (non-hydrogen) atoms. The van der Waals surface area contributed by atoms with Gasteiger partial charge in [0.05, 0.1) is 0 Å². The number of aliphatic hydroxyl groups excluding tert-OH is 1. The number of nitrogens with zero attached hydrogens (tertiary/aromatic N) is 1. The molecule has 3 N–H and O–H groups in total. The second-order valence-electron chi connectivity index (χ2n) is 6.44. The molecule has 0 amide bonds. The lowest BCUT2D eigenvalue weighted by atomic mass is 9.77. The highest BCUT2D eigenvalue weighted by atomic mass is 16.3. The Balaban J connectivity index is 1.77. The molecule has 1 aliphatic carbocycles. The molecule has 0 bridgehead atoms. The molecule has 1 heterocycles. The summed E-state index contributed by atoms with van der Waals surface area (Å²) in [5.41, 5.74) is 6.30. The van der Waals surface area contributed by atoms with Crippen molar-refractivity contribution in [2.24, 2.45) is 23.5 Å². The summed E-state index contributed by atoms with van der Waals surface area (Å²) < 4.78 is 0. The van der Waals surface area contributed by atoms with E-state index in [1.807, 2.05) is 0 Å². The van der Waals surface area contributed by atoms with E-state index in [0.29, 0.717) is 24.5 Å². The topological polar surface area (TPSA) is 49.5 Å². The normalized spacial score (nSPS) is 35.8. The van der Waals surface area contributed by atoms with E-state index in [0.717, 1.165) is 31.8 Å². The fourth-order valence-corrected chi connectivity index (χ4v) is 3.65. The largest absolute Gasteiger partial charge is 0.396 e. The maximum Gasteiger partial charge on any atom is 0.0460 e. The molecule has 2 rings (SSSR count). The Morgan fingerprint density at radius 2 is 1.83 bits per heavy atom. The van der Waals surface area contributed by atoms with E-state index in [1.165, 1.54) is 32.2 Å². The molecule has 3 nitrogen and oxygen atoms in total. The summed E-state index contributed by atoms with van der Waals surface area (Å²) in [4.78, 5) is 2.58. The molecular weight excluding hydrogens is 224 g/mol. The molecule has 1 saturated carbocycles. The molecule has 106 valence electrons. The molecule has 0 spiro atoms. The third kappa shape index (κ3) is 3.69. The highest BCUT2D eigenvalue weighted by Crippen LogP contribution is 2.31. The molecule has 1 saturated heterocycles. The van der Waals surface area contributed by atoms with Crippen LogP contribution in [0.3, 0.4) is 0 Å². The summed E-state index contributed by atoms with van der Waals surface area (Å²) in [7, 11) is 0. The average Bonchev–Trinajstić information content (AvgIpc) is 2.42. The first-order valence-corrected chi connectivity index (χ1v) is 7.81. The lowest BCUT2D eigenvalue weighted by Gasteiger charge is -2.39. The van der Waals surface area contributed by atoms with Gasteiger partial charge in [-0.1, -0.05) is 13.3 Å². The second-order valence-corrected chi connectivity index (χ2v) is 6.44. The summed E-state index contributed by atoms with van der Waals surface area (Å²) in [5.74, 6) is 2.16. The van der Waals surface area contributed by atoms with Gasteiger partial charge in [0.15, 0.2) is 0 Å². The number of likely N-dealkylation sites (tertiary alicyclic amines) is 1. The van der Waals surface area contributed by atoms with Gasteiger partial charge in [0.25, 0.3) is 0 Å². The Morgan fingerprint density at radius 1 is 1.11 bits per heavy atom. The van der Waals surface area contributed by atoms with Crippen LogP contribution in [-0.2, 0) is 0 Å². The molecule has 0 aromatic carbocycles. The predicted molar refractivity (Wildman–Crippen MR) is 75.3 cm³/mol. The molecule has 2 aliphatic rings. The SMILES string of the molecule is CCC1CCC(N)C(CN2CCC(CO)CC2)C1. The number of nitrogens with two attached hydrogens (primary N) is 1. The van der Waals surface area contributed by atoms with Crippen LogP contribution in [-0.4, -0.2) is 42.3 Å². The van der Waals surface area contributed by atoms with Crippen molar-refractivity contribution in [1.82, 2.24) is 4.90 Å². The first-order chi connectivity index (χ1) is 8.72. The quantitative estimate of drug-likeness (QED) is 0.805. The smallest absolute Gasteiger partial charge is 0.0460 e. The van der Waals surface area contributed by atoms with Gasteiger partial charge in [-0.25, -0.2) is 0 Å². The number of piperidine rings is 1. The van der Waals surface area contributed by atoms with Crippen molar-refractivity contribution in [3.05, 3.63) is 0 Å². The maximum absolute atomic E-state index is 9.17. The van der Waals surface area contributed by atoms with Crippen molar-refractivity contribution < 1.29 is 5.11 Å². The van der Waals surface area contributed by atoms with Gasteiger partial charge in [0.2, 0.25) is 0 Å². The van der Waals surface area contributed by atoms with Crippen LogP contribution in [0.5, 0.6) is 0 Å². The number of hydrogen-bond donors (Lipinski definition) is 2. The van der Waals surface area contributed by atoms with Gasteiger partial charge < -0.3 is 15.7 Å². The fraction of sp³-hybridized carbons (Fsp3) is 1.00. The molecule has 0 aromatic rings. The zero-order valence-electron chi connectivity index (χ0n) is 11.9. The number of aliphatic hydroxyl groups is 1. The third-order valence-corrected chi connectivity index (χ3v) is 5.19. The highest BCUT2D eigenvalue weighted by molar-refractivity contribution is 4.85. The van der Waals surface area contributed by atoms with Crippen molar-refractivity contribution in [3.8, 4) is 0 Å². The molecule has 3 heteroatoms. The van der Waals surface area contributed by atoms with Crippen LogP contribution >= 0.6 is 0 Å².